The molecule has 2 atom stereocenters. The van der Waals surface area contributed by atoms with Crippen LogP contribution in [0, 0.1) is 17.2 Å². The van der Waals surface area contributed by atoms with Crippen LogP contribution < -0.4 is 0 Å². The zero-order valence-electron chi connectivity index (χ0n) is 11.3. The summed E-state index contributed by atoms with van der Waals surface area (Å²) in [6.45, 7) is 4.33. The van der Waals surface area contributed by atoms with Crippen molar-refractivity contribution < 1.29 is 0 Å². The first-order valence-corrected chi connectivity index (χ1v) is 6.58. The molecule has 0 spiro atoms. The summed E-state index contributed by atoms with van der Waals surface area (Å²) in [5, 5.41) is 9.58. The van der Waals surface area contributed by atoms with Gasteiger partial charge in [-0.2, -0.15) is 5.26 Å². The minimum Gasteiger partial charge on any atom is -0.264 e. The van der Waals surface area contributed by atoms with Crippen molar-refractivity contribution in [1.82, 2.24) is 4.98 Å². The Morgan fingerprint density at radius 2 is 1.68 bits per heavy atom. The van der Waals surface area contributed by atoms with Gasteiger partial charge in [0, 0.05) is 18.3 Å². The van der Waals surface area contributed by atoms with Crippen LogP contribution >= 0.6 is 0 Å². The highest BCUT2D eigenvalue weighted by Crippen LogP contribution is 2.37. The monoisotopic (exact) mass is 250 g/mol. The Balaban J connectivity index is 2.41. The Bertz CT molecular complexity index is 540. The van der Waals surface area contributed by atoms with E-state index in [0.717, 1.165) is 5.56 Å². The number of aromatic nitrogens is 1. The number of nitriles is 1. The number of hydrogen-bond acceptors (Lipinski definition) is 2. The van der Waals surface area contributed by atoms with E-state index in [2.05, 4.69) is 37.0 Å². The standard InChI is InChI=1S/C17H18N2/c1-13(2)17(14-7-4-3-5-8-14)16(11-18)15-9-6-10-19-12-15/h3-10,12-13,16-17H,1-2H3. The average Bonchev–Trinajstić information content (AvgIpc) is 2.46. The maximum absolute atomic E-state index is 9.58. The Hall–Kier alpha value is -2.14. The lowest BCUT2D eigenvalue weighted by molar-refractivity contribution is 0.465. The summed E-state index contributed by atoms with van der Waals surface area (Å²) in [5.41, 5.74) is 2.21. The van der Waals surface area contributed by atoms with E-state index in [0.29, 0.717) is 5.92 Å². The van der Waals surface area contributed by atoms with Crippen molar-refractivity contribution in [2.24, 2.45) is 5.92 Å². The minimum atomic E-state index is -0.156. The zero-order chi connectivity index (χ0) is 13.7. The van der Waals surface area contributed by atoms with Gasteiger partial charge in [-0.1, -0.05) is 50.2 Å². The van der Waals surface area contributed by atoms with Crippen molar-refractivity contribution in [2.75, 3.05) is 0 Å². The summed E-state index contributed by atoms with van der Waals surface area (Å²) in [5.74, 6) is 0.429. The first kappa shape index (κ1) is 13.3. The zero-order valence-corrected chi connectivity index (χ0v) is 11.3. The van der Waals surface area contributed by atoms with Gasteiger partial charge in [-0.05, 0) is 23.1 Å². The molecule has 1 aromatic carbocycles. The molecule has 0 N–H and O–H groups in total. The normalized spacial score (nSPS) is 13.8. The van der Waals surface area contributed by atoms with Gasteiger partial charge >= 0.3 is 0 Å². The van der Waals surface area contributed by atoms with Gasteiger partial charge in [0.15, 0.2) is 0 Å². The Labute approximate surface area is 114 Å². The van der Waals surface area contributed by atoms with Crippen LogP contribution in [0.2, 0.25) is 0 Å². The van der Waals surface area contributed by atoms with E-state index in [-0.39, 0.29) is 11.8 Å². The van der Waals surface area contributed by atoms with Crippen LogP contribution in [-0.4, -0.2) is 4.98 Å². The molecule has 2 heteroatoms. The molecule has 2 aromatic rings. The second-order valence-corrected chi connectivity index (χ2v) is 5.07. The largest absolute Gasteiger partial charge is 0.264 e. The SMILES string of the molecule is CC(C)C(c1ccccc1)C(C#N)c1cccnc1. The number of rotatable bonds is 4. The quantitative estimate of drug-likeness (QED) is 0.818. The molecule has 0 radical (unpaired) electrons. The lowest BCUT2D eigenvalue weighted by Gasteiger charge is -2.26. The van der Waals surface area contributed by atoms with Gasteiger partial charge in [0.05, 0.1) is 12.0 Å². The van der Waals surface area contributed by atoms with Crippen molar-refractivity contribution in [3.05, 3.63) is 66.0 Å². The van der Waals surface area contributed by atoms with Gasteiger partial charge in [0.2, 0.25) is 0 Å². The third-order valence-corrected chi connectivity index (χ3v) is 3.44. The molecule has 0 saturated heterocycles. The lowest BCUT2D eigenvalue weighted by Crippen LogP contribution is -2.16. The van der Waals surface area contributed by atoms with Gasteiger partial charge in [-0.25, -0.2) is 0 Å². The fourth-order valence-corrected chi connectivity index (χ4v) is 2.56. The van der Waals surface area contributed by atoms with Crippen molar-refractivity contribution in [3.63, 3.8) is 0 Å². The van der Waals surface area contributed by atoms with Crippen molar-refractivity contribution >= 4 is 0 Å². The van der Waals surface area contributed by atoms with Crippen molar-refractivity contribution in [3.8, 4) is 6.07 Å². The summed E-state index contributed by atoms with van der Waals surface area (Å²) in [6, 6.07) is 16.6. The molecule has 2 nitrogen and oxygen atoms in total. The van der Waals surface area contributed by atoms with E-state index in [4.69, 9.17) is 0 Å². The van der Waals surface area contributed by atoms with Crippen LogP contribution in [0.3, 0.4) is 0 Å². The van der Waals surface area contributed by atoms with Crippen LogP contribution in [0.15, 0.2) is 54.9 Å². The average molecular weight is 250 g/mol. The molecular formula is C17H18N2. The van der Waals surface area contributed by atoms with E-state index in [1.165, 1.54) is 5.56 Å². The first-order valence-electron chi connectivity index (χ1n) is 6.58. The van der Waals surface area contributed by atoms with Crippen LogP contribution in [-0.2, 0) is 0 Å². The maximum atomic E-state index is 9.58. The topological polar surface area (TPSA) is 36.7 Å². The lowest BCUT2D eigenvalue weighted by atomic mass is 9.76. The van der Waals surface area contributed by atoms with Crippen LogP contribution in [0.4, 0.5) is 0 Å². The predicted molar refractivity (Wildman–Crippen MR) is 76.6 cm³/mol. The van der Waals surface area contributed by atoms with E-state index in [1.54, 1.807) is 12.4 Å². The molecule has 0 saturated carbocycles. The molecule has 1 heterocycles. The second-order valence-electron chi connectivity index (χ2n) is 5.07. The molecular weight excluding hydrogens is 232 g/mol. The van der Waals surface area contributed by atoms with Crippen molar-refractivity contribution in [2.45, 2.75) is 25.7 Å². The van der Waals surface area contributed by atoms with Crippen molar-refractivity contribution in [1.29, 1.82) is 5.26 Å². The summed E-state index contributed by atoms with van der Waals surface area (Å²) in [4.78, 5) is 4.14. The van der Waals surface area contributed by atoms with Gasteiger partial charge in [0.25, 0.3) is 0 Å². The smallest absolute Gasteiger partial charge is 0.0798 e. The van der Waals surface area contributed by atoms with E-state index < -0.39 is 0 Å². The highest BCUT2D eigenvalue weighted by Gasteiger charge is 2.27. The fraction of sp³-hybridized carbons (Fsp3) is 0.294. The molecule has 96 valence electrons. The maximum Gasteiger partial charge on any atom is 0.0798 e. The van der Waals surface area contributed by atoms with E-state index >= 15 is 0 Å². The number of hydrogen-bond donors (Lipinski definition) is 0. The molecule has 0 fully saturated rings. The molecule has 1 aromatic heterocycles. The summed E-state index contributed by atoms with van der Waals surface area (Å²) >= 11 is 0. The van der Waals surface area contributed by atoms with Gasteiger partial charge < -0.3 is 0 Å². The van der Waals surface area contributed by atoms with Crippen LogP contribution in [0.25, 0.3) is 0 Å². The van der Waals surface area contributed by atoms with Crippen LogP contribution in [0.5, 0.6) is 0 Å². The summed E-state index contributed by atoms with van der Waals surface area (Å²) in [6.07, 6.45) is 3.54. The third-order valence-electron chi connectivity index (χ3n) is 3.44. The van der Waals surface area contributed by atoms with Gasteiger partial charge in [-0.15, -0.1) is 0 Å². The molecule has 0 aliphatic rings. The minimum absolute atomic E-state index is 0.156. The number of pyridine rings is 1. The van der Waals surface area contributed by atoms with Gasteiger partial charge in [0.1, 0.15) is 0 Å². The Morgan fingerprint density at radius 3 is 2.21 bits per heavy atom. The number of benzene rings is 1. The molecule has 19 heavy (non-hydrogen) atoms. The second kappa shape index (κ2) is 6.15. The third kappa shape index (κ3) is 3.00. The molecule has 0 aliphatic heterocycles. The first-order chi connectivity index (χ1) is 9.24. The molecule has 2 rings (SSSR count). The van der Waals surface area contributed by atoms with Gasteiger partial charge in [-0.3, -0.25) is 4.98 Å². The molecule has 0 amide bonds. The fourth-order valence-electron chi connectivity index (χ4n) is 2.56. The van der Waals surface area contributed by atoms with E-state index in [9.17, 15) is 5.26 Å². The predicted octanol–water partition coefficient (Wildman–Crippen LogP) is 4.13. The summed E-state index contributed by atoms with van der Waals surface area (Å²) < 4.78 is 0. The summed E-state index contributed by atoms with van der Waals surface area (Å²) in [7, 11) is 0. The Kier molecular flexibility index (Phi) is 4.30. The molecule has 0 aliphatic carbocycles. The van der Waals surface area contributed by atoms with Crippen LogP contribution in [0.1, 0.15) is 36.8 Å². The Morgan fingerprint density at radius 1 is 1.00 bits per heavy atom. The highest BCUT2D eigenvalue weighted by molar-refractivity contribution is 5.32. The van der Waals surface area contributed by atoms with E-state index in [1.807, 2.05) is 30.3 Å². The molecule has 0 bridgehead atoms. The molecule has 2 unspecified atom stereocenters. The number of nitrogens with zero attached hydrogens (tertiary/aromatic N) is 2. The highest BCUT2D eigenvalue weighted by atomic mass is 14.6.